The number of rotatable bonds is 3. The molecule has 0 aliphatic rings. The first-order chi connectivity index (χ1) is 10.6. The van der Waals surface area contributed by atoms with Gasteiger partial charge in [-0.3, -0.25) is 9.36 Å². The van der Waals surface area contributed by atoms with Gasteiger partial charge in [0.05, 0.1) is 7.11 Å². The van der Waals surface area contributed by atoms with Crippen molar-refractivity contribution in [2.75, 3.05) is 7.11 Å². The predicted molar refractivity (Wildman–Crippen MR) is 88.4 cm³/mol. The fraction of sp³-hybridized carbons (Fsp3) is 0.222. The van der Waals surface area contributed by atoms with E-state index in [1.807, 2.05) is 50.2 Å². The molecule has 4 nitrogen and oxygen atoms in total. The highest BCUT2D eigenvalue weighted by Crippen LogP contribution is 2.29. The van der Waals surface area contributed by atoms with E-state index in [1.165, 1.54) is 0 Å². The highest BCUT2D eigenvalue weighted by atomic mass is 16.5. The molecule has 0 aliphatic heterocycles. The molecule has 112 valence electrons. The van der Waals surface area contributed by atoms with E-state index in [9.17, 15) is 4.79 Å². The average Bonchev–Trinajstić information content (AvgIpc) is 2.53. The van der Waals surface area contributed by atoms with Crippen molar-refractivity contribution in [2.45, 2.75) is 19.9 Å². The van der Waals surface area contributed by atoms with Gasteiger partial charge < -0.3 is 4.74 Å². The summed E-state index contributed by atoms with van der Waals surface area (Å²) in [6.07, 6.45) is 1.72. The summed E-state index contributed by atoms with van der Waals surface area (Å²) in [4.78, 5) is 16.9. The topological polar surface area (TPSA) is 44.1 Å². The van der Waals surface area contributed by atoms with Crippen LogP contribution in [0, 0.1) is 0 Å². The van der Waals surface area contributed by atoms with Crippen molar-refractivity contribution in [3.05, 3.63) is 59.0 Å². The first-order valence-electron chi connectivity index (χ1n) is 7.26. The van der Waals surface area contributed by atoms with E-state index in [2.05, 4.69) is 4.98 Å². The molecule has 1 aromatic carbocycles. The number of methoxy groups -OCH3 is 1. The number of benzene rings is 1. The van der Waals surface area contributed by atoms with Gasteiger partial charge in [0.1, 0.15) is 11.4 Å². The molecule has 2 aromatic heterocycles. The molecule has 3 aromatic rings. The van der Waals surface area contributed by atoms with E-state index >= 15 is 0 Å². The molecular weight excluding hydrogens is 276 g/mol. The minimum Gasteiger partial charge on any atom is -0.497 e. The van der Waals surface area contributed by atoms with Gasteiger partial charge in [0.25, 0.3) is 5.56 Å². The largest absolute Gasteiger partial charge is 0.497 e. The molecule has 0 aliphatic carbocycles. The van der Waals surface area contributed by atoms with Crippen LogP contribution < -0.4 is 10.3 Å². The van der Waals surface area contributed by atoms with Gasteiger partial charge in [-0.05, 0) is 49.2 Å². The molecule has 0 bridgehead atoms. The van der Waals surface area contributed by atoms with Crippen molar-refractivity contribution < 1.29 is 4.74 Å². The summed E-state index contributed by atoms with van der Waals surface area (Å²) in [5, 5.41) is 0.962. The molecule has 3 rings (SSSR count). The Labute approximate surface area is 129 Å². The molecule has 0 fully saturated rings. The van der Waals surface area contributed by atoms with Crippen LogP contribution in [0.25, 0.3) is 22.2 Å². The molecule has 0 amide bonds. The molecule has 4 heteroatoms. The number of fused-ring (bicyclic) bond motifs is 1. The summed E-state index contributed by atoms with van der Waals surface area (Å²) in [6, 6.07) is 13.3. The molecule has 0 unspecified atom stereocenters. The van der Waals surface area contributed by atoms with Gasteiger partial charge in [-0.2, -0.15) is 0 Å². The van der Waals surface area contributed by atoms with Crippen molar-refractivity contribution in [3.8, 4) is 16.9 Å². The summed E-state index contributed by atoms with van der Waals surface area (Å²) in [6.45, 7) is 3.97. The molecule has 0 radical (unpaired) electrons. The van der Waals surface area contributed by atoms with Gasteiger partial charge in [0.15, 0.2) is 0 Å². The average molecular weight is 294 g/mol. The first-order valence-corrected chi connectivity index (χ1v) is 7.26. The van der Waals surface area contributed by atoms with E-state index in [0.717, 1.165) is 22.3 Å². The van der Waals surface area contributed by atoms with Gasteiger partial charge in [0.2, 0.25) is 0 Å². The zero-order valence-corrected chi connectivity index (χ0v) is 12.9. The molecule has 2 heterocycles. The zero-order chi connectivity index (χ0) is 15.7. The predicted octanol–water partition coefficient (Wildman–Crippen LogP) is 3.65. The van der Waals surface area contributed by atoms with Crippen molar-refractivity contribution in [1.29, 1.82) is 0 Å². The monoisotopic (exact) mass is 294 g/mol. The highest BCUT2D eigenvalue weighted by molar-refractivity contribution is 5.92. The third kappa shape index (κ3) is 2.37. The van der Waals surface area contributed by atoms with E-state index in [1.54, 1.807) is 23.9 Å². The second-order valence-electron chi connectivity index (χ2n) is 5.47. The minimum absolute atomic E-state index is 0.0426. The maximum Gasteiger partial charge on any atom is 0.253 e. The van der Waals surface area contributed by atoms with Gasteiger partial charge in [-0.15, -0.1) is 0 Å². The summed E-state index contributed by atoms with van der Waals surface area (Å²) >= 11 is 0. The van der Waals surface area contributed by atoms with Crippen LogP contribution in [0.5, 0.6) is 5.75 Å². The Morgan fingerprint density at radius 2 is 1.95 bits per heavy atom. The van der Waals surface area contributed by atoms with Crippen LogP contribution >= 0.6 is 0 Å². The molecule has 0 spiro atoms. The Hall–Kier alpha value is -2.62. The lowest BCUT2D eigenvalue weighted by Gasteiger charge is -2.15. The smallest absolute Gasteiger partial charge is 0.253 e. The fourth-order valence-electron chi connectivity index (χ4n) is 2.70. The van der Waals surface area contributed by atoms with Crippen LogP contribution in [0.15, 0.2) is 53.5 Å². The Bertz CT molecular complexity index is 882. The Kier molecular flexibility index (Phi) is 3.67. The molecule has 0 N–H and O–H groups in total. The van der Waals surface area contributed by atoms with Gasteiger partial charge in [-0.1, -0.05) is 12.1 Å². The Morgan fingerprint density at radius 3 is 2.68 bits per heavy atom. The third-order valence-corrected chi connectivity index (χ3v) is 3.71. The minimum atomic E-state index is -0.0426. The van der Waals surface area contributed by atoms with Crippen LogP contribution in [0.1, 0.15) is 19.9 Å². The van der Waals surface area contributed by atoms with E-state index in [-0.39, 0.29) is 11.6 Å². The number of hydrogen-bond donors (Lipinski definition) is 0. The summed E-state index contributed by atoms with van der Waals surface area (Å²) in [5.41, 5.74) is 2.50. The summed E-state index contributed by atoms with van der Waals surface area (Å²) < 4.78 is 7.00. The molecule has 0 atom stereocenters. The van der Waals surface area contributed by atoms with Crippen LogP contribution in [0.3, 0.4) is 0 Å². The van der Waals surface area contributed by atoms with E-state index in [4.69, 9.17) is 4.74 Å². The van der Waals surface area contributed by atoms with Crippen LogP contribution in [0.2, 0.25) is 0 Å². The highest BCUT2D eigenvalue weighted by Gasteiger charge is 2.13. The molecule has 0 saturated carbocycles. The van der Waals surface area contributed by atoms with Gasteiger partial charge in [-0.25, -0.2) is 4.98 Å². The maximum absolute atomic E-state index is 12.5. The van der Waals surface area contributed by atoms with Gasteiger partial charge in [0, 0.05) is 23.7 Å². The number of aromatic nitrogens is 2. The van der Waals surface area contributed by atoms with E-state index in [0.29, 0.717) is 5.65 Å². The zero-order valence-electron chi connectivity index (χ0n) is 12.9. The van der Waals surface area contributed by atoms with Crippen LogP contribution in [-0.2, 0) is 0 Å². The van der Waals surface area contributed by atoms with Gasteiger partial charge >= 0.3 is 0 Å². The SMILES string of the molecule is COc1cccc(-c2cc(=O)n(C(C)C)c3ncccc23)c1. The van der Waals surface area contributed by atoms with Crippen LogP contribution in [0.4, 0.5) is 0 Å². The van der Waals surface area contributed by atoms with Crippen molar-refractivity contribution in [1.82, 2.24) is 9.55 Å². The van der Waals surface area contributed by atoms with Crippen LogP contribution in [-0.4, -0.2) is 16.7 Å². The second kappa shape index (κ2) is 5.64. The fourth-order valence-corrected chi connectivity index (χ4v) is 2.70. The van der Waals surface area contributed by atoms with Crippen molar-refractivity contribution >= 4 is 11.0 Å². The lowest BCUT2D eigenvalue weighted by molar-refractivity contribution is 0.415. The molecule has 22 heavy (non-hydrogen) atoms. The normalized spacial score (nSPS) is 11.1. The first kappa shape index (κ1) is 14.3. The Balaban J connectivity index is 2.36. The number of ether oxygens (including phenoxy) is 1. The quantitative estimate of drug-likeness (QED) is 0.740. The van der Waals surface area contributed by atoms with Crippen molar-refractivity contribution in [2.24, 2.45) is 0 Å². The standard InChI is InChI=1S/C18H18N2O2/c1-12(2)20-17(21)11-16(15-8-5-9-19-18(15)20)13-6-4-7-14(10-13)22-3/h4-12H,1-3H3. The number of hydrogen-bond acceptors (Lipinski definition) is 3. The van der Waals surface area contributed by atoms with E-state index < -0.39 is 0 Å². The lowest BCUT2D eigenvalue weighted by Crippen LogP contribution is -2.22. The second-order valence-corrected chi connectivity index (χ2v) is 5.47. The van der Waals surface area contributed by atoms with Crippen molar-refractivity contribution in [3.63, 3.8) is 0 Å². The number of nitrogens with zero attached hydrogens (tertiary/aromatic N) is 2. The third-order valence-electron chi connectivity index (χ3n) is 3.71. The maximum atomic E-state index is 12.5. The molecule has 0 saturated heterocycles. The number of pyridine rings is 2. The Morgan fingerprint density at radius 1 is 1.14 bits per heavy atom. The molecular formula is C18H18N2O2. The summed E-state index contributed by atoms with van der Waals surface area (Å²) in [5.74, 6) is 0.766. The lowest BCUT2D eigenvalue weighted by atomic mass is 10.0. The summed E-state index contributed by atoms with van der Waals surface area (Å²) in [7, 11) is 1.63.